The smallest absolute Gasteiger partial charge is 0.243 e. The number of ether oxygens (including phenoxy) is 1. The van der Waals surface area contributed by atoms with Crippen molar-refractivity contribution in [1.29, 1.82) is 0 Å². The fourth-order valence-electron chi connectivity index (χ4n) is 2.83. The second-order valence-corrected chi connectivity index (χ2v) is 8.89. The molecule has 1 saturated heterocycles. The molecule has 0 aromatic heterocycles. The first kappa shape index (κ1) is 17.3. The fraction of sp³-hybridized carbons (Fsp3) is 0.333. The molecular formula is C18H21NO3S2. The van der Waals surface area contributed by atoms with Crippen LogP contribution in [-0.4, -0.2) is 38.7 Å². The molecule has 1 atom stereocenters. The number of rotatable bonds is 4. The number of sulfonamides is 1. The van der Waals surface area contributed by atoms with E-state index in [1.165, 1.54) is 5.56 Å². The van der Waals surface area contributed by atoms with Crippen molar-refractivity contribution in [2.75, 3.05) is 26.0 Å². The highest BCUT2D eigenvalue weighted by Crippen LogP contribution is 2.35. The van der Waals surface area contributed by atoms with E-state index in [0.717, 1.165) is 12.2 Å². The molecule has 0 saturated carbocycles. The van der Waals surface area contributed by atoms with Gasteiger partial charge in [-0.2, -0.15) is 16.1 Å². The van der Waals surface area contributed by atoms with Crippen molar-refractivity contribution in [2.24, 2.45) is 0 Å². The second-order valence-electron chi connectivity index (χ2n) is 5.64. The highest BCUT2D eigenvalue weighted by molar-refractivity contribution is 7.99. The normalized spacial score (nSPS) is 19.6. The third kappa shape index (κ3) is 3.77. The molecule has 1 aliphatic heterocycles. The van der Waals surface area contributed by atoms with Crippen molar-refractivity contribution < 1.29 is 13.2 Å². The summed E-state index contributed by atoms with van der Waals surface area (Å²) in [6.07, 6.45) is 0.817. The van der Waals surface area contributed by atoms with E-state index in [1.54, 1.807) is 35.7 Å². The van der Waals surface area contributed by atoms with Gasteiger partial charge in [0, 0.05) is 30.2 Å². The molecule has 0 amide bonds. The minimum absolute atomic E-state index is 0.296. The average molecular weight is 364 g/mol. The third-order valence-electron chi connectivity index (χ3n) is 4.15. The van der Waals surface area contributed by atoms with Gasteiger partial charge in [0.1, 0.15) is 5.75 Å². The molecule has 0 spiro atoms. The summed E-state index contributed by atoms with van der Waals surface area (Å²) in [5.74, 6) is 1.35. The number of hydrogen-bond acceptors (Lipinski definition) is 4. The lowest BCUT2D eigenvalue weighted by Gasteiger charge is -2.20. The Hall–Kier alpha value is -1.50. The monoisotopic (exact) mass is 363 g/mol. The predicted molar refractivity (Wildman–Crippen MR) is 98.0 cm³/mol. The summed E-state index contributed by atoms with van der Waals surface area (Å²) in [7, 11) is -1.94. The summed E-state index contributed by atoms with van der Waals surface area (Å²) in [5.41, 5.74) is 1.27. The van der Waals surface area contributed by atoms with Gasteiger partial charge < -0.3 is 4.74 Å². The van der Waals surface area contributed by atoms with Gasteiger partial charge in [-0.05, 0) is 24.1 Å². The van der Waals surface area contributed by atoms with E-state index in [-0.39, 0.29) is 0 Å². The summed E-state index contributed by atoms with van der Waals surface area (Å²) in [4.78, 5) is 0.296. The molecule has 0 unspecified atom stereocenters. The zero-order valence-corrected chi connectivity index (χ0v) is 15.2. The van der Waals surface area contributed by atoms with Crippen LogP contribution in [0.4, 0.5) is 0 Å². The van der Waals surface area contributed by atoms with E-state index in [1.807, 2.05) is 30.0 Å². The molecule has 1 fully saturated rings. The van der Waals surface area contributed by atoms with E-state index in [0.29, 0.717) is 29.0 Å². The van der Waals surface area contributed by atoms with Gasteiger partial charge in [0.05, 0.1) is 12.0 Å². The van der Waals surface area contributed by atoms with Crippen LogP contribution in [0.25, 0.3) is 0 Å². The Morgan fingerprint density at radius 2 is 1.88 bits per heavy atom. The van der Waals surface area contributed by atoms with Crippen LogP contribution in [0.15, 0.2) is 59.5 Å². The zero-order chi connectivity index (χ0) is 17.0. The van der Waals surface area contributed by atoms with Crippen molar-refractivity contribution >= 4 is 21.8 Å². The van der Waals surface area contributed by atoms with Crippen LogP contribution in [0.1, 0.15) is 17.2 Å². The van der Waals surface area contributed by atoms with Gasteiger partial charge in [0.25, 0.3) is 0 Å². The molecule has 4 nitrogen and oxygen atoms in total. The van der Waals surface area contributed by atoms with Crippen molar-refractivity contribution in [1.82, 2.24) is 4.31 Å². The van der Waals surface area contributed by atoms with E-state index in [2.05, 4.69) is 12.1 Å². The zero-order valence-electron chi connectivity index (χ0n) is 13.6. The van der Waals surface area contributed by atoms with Gasteiger partial charge >= 0.3 is 0 Å². The molecule has 6 heteroatoms. The Morgan fingerprint density at radius 3 is 2.62 bits per heavy atom. The lowest BCUT2D eigenvalue weighted by molar-refractivity contribution is 0.410. The Labute approximate surface area is 147 Å². The standard InChI is InChI=1S/C18H21NO3S2/c1-22-16-8-5-9-17(14-16)24(20,21)19-11-10-18(23-13-12-19)15-6-3-2-4-7-15/h2-9,14,18H,10-13H2,1H3/t18-/m0/s1. The maximum Gasteiger partial charge on any atom is 0.243 e. The second kappa shape index (κ2) is 7.59. The van der Waals surface area contributed by atoms with Crippen LogP contribution < -0.4 is 4.74 Å². The van der Waals surface area contributed by atoms with Crippen molar-refractivity contribution in [3.05, 3.63) is 60.2 Å². The van der Waals surface area contributed by atoms with Crippen molar-refractivity contribution in [3.8, 4) is 5.75 Å². The summed E-state index contributed by atoms with van der Waals surface area (Å²) in [6, 6.07) is 17.0. The van der Waals surface area contributed by atoms with E-state index < -0.39 is 10.0 Å². The Morgan fingerprint density at radius 1 is 1.08 bits per heavy atom. The van der Waals surface area contributed by atoms with Crippen molar-refractivity contribution in [2.45, 2.75) is 16.6 Å². The van der Waals surface area contributed by atoms with Crippen LogP contribution in [-0.2, 0) is 10.0 Å². The summed E-state index contributed by atoms with van der Waals surface area (Å²) in [6.45, 7) is 1.07. The van der Waals surface area contributed by atoms with Crippen LogP contribution in [0.3, 0.4) is 0 Å². The first-order valence-corrected chi connectivity index (χ1v) is 10.4. The first-order chi connectivity index (χ1) is 11.6. The van der Waals surface area contributed by atoms with E-state index in [4.69, 9.17) is 4.74 Å². The molecule has 1 heterocycles. The minimum atomic E-state index is -3.48. The van der Waals surface area contributed by atoms with Crippen LogP contribution in [0, 0.1) is 0 Å². The molecule has 2 aromatic carbocycles. The highest BCUT2D eigenvalue weighted by Gasteiger charge is 2.28. The van der Waals surface area contributed by atoms with Crippen LogP contribution in [0.5, 0.6) is 5.75 Å². The quantitative estimate of drug-likeness (QED) is 0.833. The number of nitrogens with zero attached hydrogens (tertiary/aromatic N) is 1. The van der Waals surface area contributed by atoms with Gasteiger partial charge in [0.15, 0.2) is 0 Å². The molecule has 2 aromatic rings. The largest absolute Gasteiger partial charge is 0.497 e. The lowest BCUT2D eigenvalue weighted by Crippen LogP contribution is -2.33. The van der Waals surface area contributed by atoms with Gasteiger partial charge in [-0.1, -0.05) is 36.4 Å². The molecule has 0 aliphatic carbocycles. The first-order valence-electron chi connectivity index (χ1n) is 7.92. The molecule has 0 radical (unpaired) electrons. The highest BCUT2D eigenvalue weighted by atomic mass is 32.2. The predicted octanol–water partition coefficient (Wildman–Crippen LogP) is 3.56. The van der Waals surface area contributed by atoms with Gasteiger partial charge in [-0.15, -0.1) is 0 Å². The topological polar surface area (TPSA) is 46.6 Å². The lowest BCUT2D eigenvalue weighted by atomic mass is 10.1. The Kier molecular flexibility index (Phi) is 5.48. The van der Waals surface area contributed by atoms with Gasteiger partial charge in [-0.3, -0.25) is 0 Å². The van der Waals surface area contributed by atoms with E-state index >= 15 is 0 Å². The maximum absolute atomic E-state index is 12.9. The van der Waals surface area contributed by atoms with Crippen LogP contribution >= 0.6 is 11.8 Å². The number of thioether (sulfide) groups is 1. The molecular weight excluding hydrogens is 342 g/mol. The van der Waals surface area contributed by atoms with Crippen molar-refractivity contribution in [3.63, 3.8) is 0 Å². The fourth-order valence-corrected chi connectivity index (χ4v) is 5.67. The van der Waals surface area contributed by atoms with Crippen LogP contribution in [0.2, 0.25) is 0 Å². The average Bonchev–Trinajstić information content (AvgIpc) is 2.89. The summed E-state index contributed by atoms with van der Waals surface area (Å²) < 4.78 is 32.6. The molecule has 3 rings (SSSR count). The molecule has 24 heavy (non-hydrogen) atoms. The molecule has 0 bridgehead atoms. The number of methoxy groups -OCH3 is 1. The summed E-state index contributed by atoms with van der Waals surface area (Å²) >= 11 is 1.83. The SMILES string of the molecule is COc1cccc(S(=O)(=O)N2CCS[C@H](c3ccccc3)CC2)c1. The molecule has 0 N–H and O–H groups in total. The third-order valence-corrected chi connectivity index (χ3v) is 7.37. The Balaban J connectivity index is 1.77. The van der Waals surface area contributed by atoms with E-state index in [9.17, 15) is 8.42 Å². The minimum Gasteiger partial charge on any atom is -0.497 e. The Bertz CT molecular complexity index is 778. The molecule has 1 aliphatic rings. The molecule has 128 valence electrons. The van der Waals surface area contributed by atoms with Gasteiger partial charge in [0.2, 0.25) is 10.0 Å². The van der Waals surface area contributed by atoms with Gasteiger partial charge in [-0.25, -0.2) is 8.42 Å². The summed E-state index contributed by atoms with van der Waals surface area (Å²) in [5, 5.41) is 0.344. The number of hydrogen-bond donors (Lipinski definition) is 0. The number of benzene rings is 2. The maximum atomic E-state index is 12.9.